The van der Waals surface area contributed by atoms with Gasteiger partial charge in [0.2, 0.25) is 0 Å². The Morgan fingerprint density at radius 3 is 1.89 bits per heavy atom. The van der Waals surface area contributed by atoms with Crippen LogP contribution in [0.1, 0.15) is 6.92 Å². The summed E-state index contributed by atoms with van der Waals surface area (Å²) in [5.74, 6) is 0. The molecule has 0 unspecified atom stereocenters. The number of para-hydroxylation sites is 2. The molecule has 8 heteroatoms. The Bertz CT molecular complexity index is 333. The second-order valence-corrected chi connectivity index (χ2v) is 3.47. The van der Waals surface area contributed by atoms with Crippen LogP contribution in [0, 0.1) is 0 Å². The van der Waals surface area contributed by atoms with Crippen molar-refractivity contribution in [1.82, 2.24) is 0 Å². The Morgan fingerprint density at radius 1 is 1.00 bits per heavy atom. The third-order valence-electron chi connectivity index (χ3n) is 2.66. The second-order valence-electron chi connectivity index (χ2n) is 3.47. The predicted molar refractivity (Wildman–Crippen MR) is 74.5 cm³/mol. The van der Waals surface area contributed by atoms with Gasteiger partial charge in [0.05, 0.1) is 24.7 Å². The first-order valence-electron chi connectivity index (χ1n) is 5.06. The largest absolute Gasteiger partial charge is 0.395 e. The molecule has 1 aliphatic rings. The standard InChI is InChI=1S/C11H16N2O.B.4FH/c1-2-12-9-13(7-8-14)11-6-4-3-5-10(11)12;;;;;/h3-6,14H,2,7-9H2,1H3;;4*1H. The molecule has 0 bridgehead atoms. The first kappa shape index (κ1) is 26.2. The number of hydrogen-bond acceptors (Lipinski definition) is 3. The Balaban J connectivity index is -0.000000225. The smallest absolute Gasteiger partial charge is 0.0905 e. The van der Waals surface area contributed by atoms with E-state index in [-0.39, 0.29) is 33.8 Å². The molecule has 3 radical (unpaired) electrons. The van der Waals surface area contributed by atoms with Crippen LogP contribution in [0.25, 0.3) is 0 Å². The highest BCUT2D eigenvalue weighted by Crippen LogP contribution is 2.34. The molecule has 1 heterocycles. The number of fused-ring (bicyclic) bond motifs is 1. The molecular formula is C11H20BF4N2O. The van der Waals surface area contributed by atoms with Crippen molar-refractivity contribution in [2.45, 2.75) is 6.92 Å². The molecule has 1 aromatic carbocycles. The number of benzene rings is 1. The van der Waals surface area contributed by atoms with Gasteiger partial charge < -0.3 is 14.9 Å². The van der Waals surface area contributed by atoms with Crippen molar-refractivity contribution in [3.63, 3.8) is 0 Å². The van der Waals surface area contributed by atoms with E-state index in [1.165, 1.54) is 11.4 Å². The van der Waals surface area contributed by atoms with E-state index in [2.05, 4.69) is 34.9 Å². The van der Waals surface area contributed by atoms with Crippen LogP contribution in [-0.2, 0) is 0 Å². The van der Waals surface area contributed by atoms with Crippen molar-refractivity contribution in [3.8, 4) is 0 Å². The number of aliphatic hydroxyl groups is 1. The minimum Gasteiger partial charge on any atom is -0.395 e. The van der Waals surface area contributed by atoms with E-state index in [9.17, 15) is 0 Å². The molecule has 2 rings (SSSR count). The fourth-order valence-corrected chi connectivity index (χ4v) is 1.94. The fourth-order valence-electron chi connectivity index (χ4n) is 1.94. The van der Waals surface area contributed by atoms with Gasteiger partial charge in [-0.25, -0.2) is 0 Å². The molecule has 0 saturated carbocycles. The van der Waals surface area contributed by atoms with Crippen LogP contribution in [0.4, 0.5) is 30.2 Å². The molecule has 0 aliphatic carbocycles. The van der Waals surface area contributed by atoms with Gasteiger partial charge in [0.1, 0.15) is 0 Å². The monoisotopic (exact) mass is 283 g/mol. The summed E-state index contributed by atoms with van der Waals surface area (Å²) in [6, 6.07) is 8.35. The van der Waals surface area contributed by atoms with E-state index in [4.69, 9.17) is 5.11 Å². The van der Waals surface area contributed by atoms with E-state index in [1.807, 2.05) is 6.07 Å². The number of rotatable bonds is 3. The summed E-state index contributed by atoms with van der Waals surface area (Å²) in [6.07, 6.45) is 0. The van der Waals surface area contributed by atoms with Gasteiger partial charge in [-0.15, -0.1) is 0 Å². The van der Waals surface area contributed by atoms with Crippen molar-refractivity contribution >= 4 is 19.8 Å². The minimum atomic E-state index is 0. The number of hydrogen-bond donors (Lipinski definition) is 1. The van der Waals surface area contributed by atoms with Crippen LogP contribution >= 0.6 is 0 Å². The van der Waals surface area contributed by atoms with Crippen LogP contribution in [0.3, 0.4) is 0 Å². The van der Waals surface area contributed by atoms with E-state index in [0.29, 0.717) is 6.54 Å². The first-order chi connectivity index (χ1) is 6.86. The third kappa shape index (κ3) is 4.98. The summed E-state index contributed by atoms with van der Waals surface area (Å²) < 4.78 is 0. The minimum absolute atomic E-state index is 0. The lowest BCUT2D eigenvalue weighted by Gasteiger charge is -2.19. The van der Waals surface area contributed by atoms with E-state index >= 15 is 0 Å². The van der Waals surface area contributed by atoms with Gasteiger partial charge in [-0.3, -0.25) is 18.8 Å². The SMILES string of the molecule is CCN1CN(CCO)c2ccccc21.F.F.F.F.[B]. The van der Waals surface area contributed by atoms with Gasteiger partial charge in [-0.05, 0) is 19.1 Å². The summed E-state index contributed by atoms with van der Waals surface area (Å²) in [5.41, 5.74) is 2.52. The Morgan fingerprint density at radius 2 is 1.47 bits per heavy atom. The maximum absolute atomic E-state index is 8.95. The number of anilines is 2. The zero-order chi connectivity index (χ0) is 9.97. The highest BCUT2D eigenvalue weighted by Gasteiger charge is 2.22. The van der Waals surface area contributed by atoms with Gasteiger partial charge in [-0.1, -0.05) is 12.1 Å². The lowest BCUT2D eigenvalue weighted by molar-refractivity contribution is 0.302. The summed E-state index contributed by atoms with van der Waals surface area (Å²) >= 11 is 0. The molecule has 1 N–H and O–H groups in total. The molecule has 1 aliphatic heterocycles. The fraction of sp³-hybridized carbons (Fsp3) is 0.455. The molecule has 0 spiro atoms. The van der Waals surface area contributed by atoms with E-state index < -0.39 is 0 Å². The zero-order valence-electron chi connectivity index (χ0n) is 10.7. The van der Waals surface area contributed by atoms with E-state index in [1.54, 1.807) is 0 Å². The molecule has 3 nitrogen and oxygen atoms in total. The van der Waals surface area contributed by atoms with Crippen molar-refractivity contribution in [2.24, 2.45) is 0 Å². The van der Waals surface area contributed by atoms with Crippen molar-refractivity contribution in [3.05, 3.63) is 24.3 Å². The van der Waals surface area contributed by atoms with Gasteiger partial charge >= 0.3 is 0 Å². The number of nitrogens with zero attached hydrogens (tertiary/aromatic N) is 2. The Labute approximate surface area is 112 Å². The molecule has 0 atom stereocenters. The average Bonchev–Trinajstić information content (AvgIpc) is 2.58. The van der Waals surface area contributed by atoms with Crippen molar-refractivity contribution < 1.29 is 23.9 Å². The summed E-state index contributed by atoms with van der Waals surface area (Å²) in [6.45, 7) is 4.99. The van der Waals surface area contributed by atoms with Crippen LogP contribution in [-0.4, -0.2) is 39.9 Å². The van der Waals surface area contributed by atoms with E-state index in [0.717, 1.165) is 13.2 Å². The maximum Gasteiger partial charge on any atom is 0.0905 e. The lowest BCUT2D eigenvalue weighted by Crippen LogP contribution is -2.32. The molecule has 111 valence electrons. The van der Waals surface area contributed by atoms with Gasteiger partial charge in [0.15, 0.2) is 0 Å². The predicted octanol–water partition coefficient (Wildman–Crippen LogP) is 1.51. The molecule has 0 aromatic heterocycles. The van der Waals surface area contributed by atoms with Crippen LogP contribution in [0.2, 0.25) is 0 Å². The topological polar surface area (TPSA) is 26.7 Å². The summed E-state index contributed by atoms with van der Waals surface area (Å²) in [4.78, 5) is 4.52. The van der Waals surface area contributed by atoms with Crippen LogP contribution in [0.5, 0.6) is 0 Å². The summed E-state index contributed by atoms with van der Waals surface area (Å²) in [7, 11) is 0. The van der Waals surface area contributed by atoms with Crippen LogP contribution < -0.4 is 9.80 Å². The maximum atomic E-state index is 8.95. The Kier molecular flexibility index (Phi) is 16.1. The van der Waals surface area contributed by atoms with Crippen molar-refractivity contribution in [2.75, 3.05) is 36.2 Å². The highest BCUT2D eigenvalue weighted by molar-refractivity contribution is 5.76. The molecule has 0 saturated heterocycles. The quantitative estimate of drug-likeness (QED) is 0.673. The third-order valence-corrected chi connectivity index (χ3v) is 2.66. The van der Waals surface area contributed by atoms with Gasteiger partial charge in [-0.2, -0.15) is 0 Å². The lowest BCUT2D eigenvalue weighted by atomic mass is 10.2. The summed E-state index contributed by atoms with van der Waals surface area (Å²) in [5, 5.41) is 8.95. The molecular weight excluding hydrogens is 263 g/mol. The van der Waals surface area contributed by atoms with Gasteiger partial charge in [0, 0.05) is 21.5 Å². The van der Waals surface area contributed by atoms with Crippen molar-refractivity contribution in [1.29, 1.82) is 0 Å². The van der Waals surface area contributed by atoms with Gasteiger partial charge in [0.25, 0.3) is 0 Å². The zero-order valence-corrected chi connectivity index (χ0v) is 10.7. The molecule has 19 heavy (non-hydrogen) atoms. The number of aliphatic hydroxyl groups excluding tert-OH is 1. The molecule has 1 aromatic rings. The number of β-amino-alcohol motifs (C(OH)–C–C–N with tert-alkyl or cyclic N) is 1. The normalized spacial score (nSPS) is 10.8. The average molecular weight is 283 g/mol. The second kappa shape index (κ2) is 11.6. The number of halogens is 4. The Hall–Kier alpha value is -1.44. The van der Waals surface area contributed by atoms with Crippen LogP contribution in [0.15, 0.2) is 24.3 Å². The molecule has 0 fully saturated rings. The highest BCUT2D eigenvalue weighted by atomic mass is 19.0. The first-order valence-corrected chi connectivity index (χ1v) is 5.06. The molecule has 0 amide bonds.